The van der Waals surface area contributed by atoms with Gasteiger partial charge in [-0.05, 0) is 13.0 Å². The van der Waals surface area contributed by atoms with Gasteiger partial charge in [-0.15, -0.1) is 11.3 Å². The van der Waals surface area contributed by atoms with Crippen molar-refractivity contribution < 1.29 is 4.79 Å². The van der Waals surface area contributed by atoms with Crippen molar-refractivity contribution in [1.29, 1.82) is 0 Å². The number of nitrogens with one attached hydrogen (secondary N) is 1. The zero-order valence-corrected chi connectivity index (χ0v) is 10.8. The fourth-order valence-corrected chi connectivity index (χ4v) is 2.06. The van der Waals surface area contributed by atoms with E-state index in [1.165, 1.54) is 17.0 Å². The molecule has 0 unspecified atom stereocenters. The van der Waals surface area contributed by atoms with E-state index in [9.17, 15) is 9.59 Å². The normalized spacial score (nSPS) is 10.3. The van der Waals surface area contributed by atoms with Gasteiger partial charge in [0.15, 0.2) is 0 Å². The third-order valence-electron chi connectivity index (χ3n) is 2.31. The molecule has 0 radical (unpaired) electrons. The van der Waals surface area contributed by atoms with E-state index < -0.39 is 0 Å². The van der Waals surface area contributed by atoms with Crippen LogP contribution in [0.4, 0.5) is 0 Å². The van der Waals surface area contributed by atoms with Crippen LogP contribution in [0.3, 0.4) is 0 Å². The quantitative estimate of drug-likeness (QED) is 0.889. The van der Waals surface area contributed by atoms with Gasteiger partial charge in [-0.3, -0.25) is 9.59 Å². The fourth-order valence-electron chi connectivity index (χ4n) is 1.45. The van der Waals surface area contributed by atoms with Gasteiger partial charge < -0.3 is 4.90 Å². The molecule has 0 aliphatic rings. The van der Waals surface area contributed by atoms with Crippen molar-refractivity contribution in [3.8, 4) is 0 Å². The molecule has 18 heavy (non-hydrogen) atoms. The molecule has 2 rings (SSSR count). The highest BCUT2D eigenvalue weighted by Gasteiger charge is 2.14. The topological polar surface area (TPSA) is 79.0 Å². The Bertz CT molecular complexity index is 599. The first kappa shape index (κ1) is 12.4. The highest BCUT2D eigenvalue weighted by atomic mass is 32.1. The molecule has 0 aromatic carbocycles. The predicted octanol–water partition coefficient (Wildman–Crippen LogP) is 0.807. The SMILES string of the molecule is Cc1nc(CN(C)C(=O)c2ccc(=O)[nH]n2)cs1. The average Bonchev–Trinajstić information content (AvgIpc) is 2.75. The number of rotatable bonds is 3. The molecular formula is C11H12N4O2S. The Hall–Kier alpha value is -2.02. The highest BCUT2D eigenvalue weighted by molar-refractivity contribution is 7.09. The minimum absolute atomic E-state index is 0.212. The van der Waals surface area contributed by atoms with Crippen LogP contribution in [0, 0.1) is 6.92 Å². The number of carbonyl (C=O) groups is 1. The summed E-state index contributed by atoms with van der Waals surface area (Å²) in [5.74, 6) is -0.253. The number of nitrogens with zero attached hydrogens (tertiary/aromatic N) is 3. The van der Waals surface area contributed by atoms with E-state index in [2.05, 4.69) is 15.2 Å². The smallest absolute Gasteiger partial charge is 0.274 e. The molecule has 0 aliphatic heterocycles. The minimum Gasteiger partial charge on any atom is -0.334 e. The van der Waals surface area contributed by atoms with Crippen LogP contribution in [0.15, 0.2) is 22.3 Å². The molecular weight excluding hydrogens is 252 g/mol. The lowest BCUT2D eigenvalue weighted by Crippen LogP contribution is -2.28. The molecule has 6 nitrogen and oxygen atoms in total. The molecule has 7 heteroatoms. The van der Waals surface area contributed by atoms with Crippen molar-refractivity contribution in [2.24, 2.45) is 0 Å². The van der Waals surface area contributed by atoms with Crippen LogP contribution in [0.1, 0.15) is 21.2 Å². The van der Waals surface area contributed by atoms with E-state index >= 15 is 0 Å². The summed E-state index contributed by atoms with van der Waals surface area (Å²) >= 11 is 1.54. The number of aryl methyl sites for hydroxylation is 1. The zero-order valence-electron chi connectivity index (χ0n) is 10.0. The zero-order chi connectivity index (χ0) is 13.1. The van der Waals surface area contributed by atoms with E-state index in [-0.39, 0.29) is 17.2 Å². The van der Waals surface area contributed by atoms with Crippen LogP contribution in [-0.4, -0.2) is 33.0 Å². The Morgan fingerprint density at radius 3 is 2.83 bits per heavy atom. The molecule has 0 fully saturated rings. The van der Waals surface area contributed by atoms with Crippen LogP contribution < -0.4 is 5.56 Å². The monoisotopic (exact) mass is 264 g/mol. The van der Waals surface area contributed by atoms with Gasteiger partial charge in [0, 0.05) is 18.5 Å². The molecule has 0 saturated carbocycles. The van der Waals surface area contributed by atoms with Gasteiger partial charge in [0.25, 0.3) is 11.5 Å². The maximum Gasteiger partial charge on any atom is 0.274 e. The van der Waals surface area contributed by atoms with Crippen LogP contribution in [0.25, 0.3) is 0 Å². The van der Waals surface area contributed by atoms with Crippen LogP contribution >= 0.6 is 11.3 Å². The van der Waals surface area contributed by atoms with Crippen LogP contribution in [0.2, 0.25) is 0 Å². The van der Waals surface area contributed by atoms with Gasteiger partial charge in [-0.1, -0.05) is 0 Å². The summed E-state index contributed by atoms with van der Waals surface area (Å²) in [6.45, 7) is 2.34. The Morgan fingerprint density at radius 2 is 2.28 bits per heavy atom. The van der Waals surface area contributed by atoms with E-state index in [0.29, 0.717) is 6.54 Å². The maximum absolute atomic E-state index is 12.0. The van der Waals surface area contributed by atoms with Crippen molar-refractivity contribution >= 4 is 17.2 Å². The van der Waals surface area contributed by atoms with E-state index in [0.717, 1.165) is 10.7 Å². The number of aromatic nitrogens is 3. The summed E-state index contributed by atoms with van der Waals surface area (Å²) in [5, 5.41) is 8.82. The van der Waals surface area contributed by atoms with Crippen LogP contribution in [-0.2, 0) is 6.54 Å². The first-order chi connectivity index (χ1) is 8.56. The molecule has 0 spiro atoms. The molecule has 1 N–H and O–H groups in total. The summed E-state index contributed by atoms with van der Waals surface area (Å²) in [6.07, 6.45) is 0. The lowest BCUT2D eigenvalue weighted by atomic mass is 10.3. The summed E-state index contributed by atoms with van der Waals surface area (Å²) < 4.78 is 0. The fraction of sp³-hybridized carbons (Fsp3) is 0.273. The van der Waals surface area contributed by atoms with Gasteiger partial charge in [-0.25, -0.2) is 10.1 Å². The molecule has 1 amide bonds. The van der Waals surface area contributed by atoms with E-state index in [4.69, 9.17) is 0 Å². The second-order valence-corrected chi connectivity index (χ2v) is 4.89. The number of H-pyrrole nitrogens is 1. The molecule has 2 heterocycles. The largest absolute Gasteiger partial charge is 0.334 e. The molecule has 2 aromatic rings. The summed E-state index contributed by atoms with van der Waals surface area (Å²) in [4.78, 5) is 28.6. The van der Waals surface area contributed by atoms with Gasteiger partial charge in [0.05, 0.1) is 17.2 Å². The number of thiazole rings is 1. The Balaban J connectivity index is 2.09. The second-order valence-electron chi connectivity index (χ2n) is 3.83. The third-order valence-corrected chi connectivity index (χ3v) is 3.13. The number of hydrogen-bond acceptors (Lipinski definition) is 5. The molecule has 94 valence electrons. The van der Waals surface area contributed by atoms with Crippen molar-refractivity contribution in [3.05, 3.63) is 44.3 Å². The first-order valence-electron chi connectivity index (χ1n) is 5.28. The molecule has 0 saturated heterocycles. The Labute approximate surface area is 107 Å². The van der Waals surface area contributed by atoms with Gasteiger partial charge in [0.1, 0.15) is 5.69 Å². The molecule has 0 bridgehead atoms. The van der Waals surface area contributed by atoms with Crippen molar-refractivity contribution in [2.75, 3.05) is 7.05 Å². The number of carbonyl (C=O) groups excluding carboxylic acids is 1. The van der Waals surface area contributed by atoms with E-state index in [1.54, 1.807) is 18.4 Å². The predicted molar refractivity (Wildman–Crippen MR) is 67.5 cm³/mol. The molecule has 2 aromatic heterocycles. The van der Waals surface area contributed by atoms with Gasteiger partial charge in [0.2, 0.25) is 0 Å². The highest BCUT2D eigenvalue weighted by Crippen LogP contribution is 2.10. The standard InChI is InChI=1S/C11H12N4O2S/c1-7-12-8(6-18-7)5-15(2)11(17)9-3-4-10(16)14-13-9/h3-4,6H,5H2,1-2H3,(H,14,16). The van der Waals surface area contributed by atoms with Crippen molar-refractivity contribution in [1.82, 2.24) is 20.1 Å². The van der Waals surface area contributed by atoms with Gasteiger partial charge >= 0.3 is 0 Å². The minimum atomic E-state index is -0.329. The second kappa shape index (κ2) is 5.09. The summed E-state index contributed by atoms with van der Waals surface area (Å²) in [6, 6.07) is 2.69. The summed E-state index contributed by atoms with van der Waals surface area (Å²) in [5.41, 5.74) is 0.728. The Kier molecular flexibility index (Phi) is 3.52. The van der Waals surface area contributed by atoms with Crippen LogP contribution in [0.5, 0.6) is 0 Å². The van der Waals surface area contributed by atoms with Crippen molar-refractivity contribution in [2.45, 2.75) is 13.5 Å². The number of aromatic amines is 1. The Morgan fingerprint density at radius 1 is 1.50 bits per heavy atom. The number of hydrogen-bond donors (Lipinski definition) is 1. The van der Waals surface area contributed by atoms with Gasteiger partial charge in [-0.2, -0.15) is 5.10 Å². The van der Waals surface area contributed by atoms with Crippen molar-refractivity contribution in [3.63, 3.8) is 0 Å². The molecule has 0 aliphatic carbocycles. The average molecular weight is 264 g/mol. The maximum atomic E-state index is 12.0. The third kappa shape index (κ3) is 2.80. The lowest BCUT2D eigenvalue weighted by Gasteiger charge is -2.14. The summed E-state index contributed by atoms with van der Waals surface area (Å²) in [7, 11) is 1.67. The lowest BCUT2D eigenvalue weighted by molar-refractivity contribution is 0.0776. The van der Waals surface area contributed by atoms with E-state index in [1.807, 2.05) is 12.3 Å². The number of amides is 1. The molecule has 0 atom stereocenters. The first-order valence-corrected chi connectivity index (χ1v) is 6.16.